The standard InChI is InChI=1S/C8H10ClNOS/c1-6(9)8(11)10-4-7-2-3-12-5-7/h2-3,5-6H,4H2,1H3,(H,10,11). The summed E-state index contributed by atoms with van der Waals surface area (Å²) in [5, 5.41) is 6.24. The minimum Gasteiger partial charge on any atom is -0.351 e. The maximum absolute atomic E-state index is 11.0. The van der Waals surface area contributed by atoms with Gasteiger partial charge < -0.3 is 5.32 Å². The molecule has 4 heteroatoms. The van der Waals surface area contributed by atoms with Gasteiger partial charge in [-0.15, -0.1) is 11.6 Å². The SMILES string of the molecule is CC(Cl)C(=O)NCc1ccsc1. The Kier molecular flexibility index (Phi) is 3.56. The molecule has 0 saturated carbocycles. The molecule has 2 nitrogen and oxygen atoms in total. The van der Waals surface area contributed by atoms with Crippen LogP contribution in [0.1, 0.15) is 12.5 Å². The van der Waals surface area contributed by atoms with Gasteiger partial charge in [-0.05, 0) is 29.3 Å². The Hall–Kier alpha value is -0.540. The van der Waals surface area contributed by atoms with Crippen LogP contribution < -0.4 is 5.32 Å². The van der Waals surface area contributed by atoms with Gasteiger partial charge in [-0.1, -0.05) is 0 Å². The van der Waals surface area contributed by atoms with Crippen LogP contribution in [0.25, 0.3) is 0 Å². The second kappa shape index (κ2) is 4.48. The fraction of sp³-hybridized carbons (Fsp3) is 0.375. The van der Waals surface area contributed by atoms with Gasteiger partial charge in [-0.25, -0.2) is 0 Å². The van der Waals surface area contributed by atoms with E-state index in [9.17, 15) is 4.79 Å². The summed E-state index contributed by atoms with van der Waals surface area (Å²) in [6.45, 7) is 2.23. The molecule has 0 spiro atoms. The normalized spacial score (nSPS) is 12.5. The lowest BCUT2D eigenvalue weighted by Crippen LogP contribution is -2.28. The van der Waals surface area contributed by atoms with E-state index in [2.05, 4.69) is 5.32 Å². The van der Waals surface area contributed by atoms with Gasteiger partial charge in [0, 0.05) is 6.54 Å². The number of nitrogens with one attached hydrogen (secondary N) is 1. The third kappa shape index (κ3) is 2.83. The van der Waals surface area contributed by atoms with Crippen LogP contribution in [0.5, 0.6) is 0 Å². The highest BCUT2D eigenvalue weighted by Crippen LogP contribution is 2.05. The van der Waals surface area contributed by atoms with Crippen molar-refractivity contribution in [1.29, 1.82) is 0 Å². The van der Waals surface area contributed by atoms with Gasteiger partial charge in [-0.3, -0.25) is 4.79 Å². The first kappa shape index (κ1) is 9.55. The molecule has 0 aliphatic carbocycles. The van der Waals surface area contributed by atoms with E-state index in [1.807, 2.05) is 16.8 Å². The number of hydrogen-bond acceptors (Lipinski definition) is 2. The summed E-state index contributed by atoms with van der Waals surface area (Å²) in [6, 6.07) is 1.98. The number of halogens is 1. The molecule has 1 rings (SSSR count). The summed E-state index contributed by atoms with van der Waals surface area (Å²) >= 11 is 7.17. The van der Waals surface area contributed by atoms with E-state index in [0.29, 0.717) is 6.54 Å². The molecule has 0 aliphatic rings. The number of rotatable bonds is 3. The number of carbonyl (C=O) groups is 1. The van der Waals surface area contributed by atoms with Gasteiger partial charge in [-0.2, -0.15) is 11.3 Å². The molecule has 1 heterocycles. The number of hydrogen-bond donors (Lipinski definition) is 1. The topological polar surface area (TPSA) is 29.1 Å². The van der Waals surface area contributed by atoms with Crippen LogP contribution in [-0.2, 0) is 11.3 Å². The van der Waals surface area contributed by atoms with Gasteiger partial charge in [0.05, 0.1) is 0 Å². The van der Waals surface area contributed by atoms with E-state index in [4.69, 9.17) is 11.6 Å². The van der Waals surface area contributed by atoms with Crippen molar-refractivity contribution in [2.75, 3.05) is 0 Å². The molecule has 0 radical (unpaired) electrons. The number of thiophene rings is 1. The smallest absolute Gasteiger partial charge is 0.238 e. The van der Waals surface area contributed by atoms with Crippen LogP contribution in [-0.4, -0.2) is 11.3 Å². The van der Waals surface area contributed by atoms with E-state index < -0.39 is 5.38 Å². The molecule has 1 unspecified atom stereocenters. The monoisotopic (exact) mass is 203 g/mol. The molecule has 1 N–H and O–H groups in total. The summed E-state index contributed by atoms with van der Waals surface area (Å²) in [7, 11) is 0. The Morgan fingerprint density at radius 2 is 2.58 bits per heavy atom. The van der Waals surface area contributed by atoms with E-state index in [1.54, 1.807) is 18.3 Å². The summed E-state index contributed by atoms with van der Waals surface area (Å²) in [5.74, 6) is -0.122. The zero-order chi connectivity index (χ0) is 8.97. The first-order chi connectivity index (χ1) is 5.70. The number of amides is 1. The summed E-state index contributed by atoms with van der Waals surface area (Å²) in [4.78, 5) is 11.0. The molecule has 0 bridgehead atoms. The minimum atomic E-state index is -0.455. The predicted molar refractivity (Wildman–Crippen MR) is 51.5 cm³/mol. The summed E-state index contributed by atoms with van der Waals surface area (Å²) in [6.07, 6.45) is 0. The molecular weight excluding hydrogens is 194 g/mol. The molecule has 66 valence electrons. The van der Waals surface area contributed by atoms with Crippen molar-refractivity contribution in [1.82, 2.24) is 5.32 Å². The van der Waals surface area contributed by atoms with E-state index in [0.717, 1.165) is 5.56 Å². The largest absolute Gasteiger partial charge is 0.351 e. The van der Waals surface area contributed by atoms with Crippen LogP contribution in [0.2, 0.25) is 0 Å². The van der Waals surface area contributed by atoms with Crippen molar-refractivity contribution < 1.29 is 4.79 Å². The van der Waals surface area contributed by atoms with Gasteiger partial charge >= 0.3 is 0 Å². The Balaban J connectivity index is 2.32. The first-order valence-corrected chi connectivity index (χ1v) is 5.01. The highest BCUT2D eigenvalue weighted by atomic mass is 35.5. The van der Waals surface area contributed by atoms with Crippen LogP contribution in [0.3, 0.4) is 0 Å². The second-order valence-corrected chi connectivity index (χ2v) is 3.90. The van der Waals surface area contributed by atoms with Crippen LogP contribution >= 0.6 is 22.9 Å². The molecule has 0 aromatic carbocycles. The molecule has 1 aromatic heterocycles. The molecule has 1 amide bonds. The van der Waals surface area contributed by atoms with Crippen molar-refractivity contribution >= 4 is 28.8 Å². The van der Waals surface area contributed by atoms with E-state index in [-0.39, 0.29) is 5.91 Å². The molecule has 0 aliphatic heterocycles. The summed E-state index contributed by atoms with van der Waals surface area (Å²) < 4.78 is 0. The molecule has 12 heavy (non-hydrogen) atoms. The molecule has 1 aromatic rings. The van der Waals surface area contributed by atoms with Crippen molar-refractivity contribution in [3.8, 4) is 0 Å². The highest BCUT2D eigenvalue weighted by molar-refractivity contribution is 7.07. The number of alkyl halides is 1. The summed E-state index contributed by atoms with van der Waals surface area (Å²) in [5.41, 5.74) is 1.12. The van der Waals surface area contributed by atoms with Crippen LogP contribution in [0, 0.1) is 0 Å². The average molecular weight is 204 g/mol. The Labute approximate surface area is 80.5 Å². The van der Waals surface area contributed by atoms with Gasteiger partial charge in [0.1, 0.15) is 5.38 Å². The molecule has 0 saturated heterocycles. The molecular formula is C8H10ClNOS. The first-order valence-electron chi connectivity index (χ1n) is 3.63. The number of carbonyl (C=O) groups excluding carboxylic acids is 1. The van der Waals surface area contributed by atoms with Gasteiger partial charge in [0.25, 0.3) is 0 Å². The zero-order valence-corrected chi connectivity index (χ0v) is 8.28. The van der Waals surface area contributed by atoms with Crippen LogP contribution in [0.15, 0.2) is 16.8 Å². The second-order valence-electron chi connectivity index (χ2n) is 2.47. The maximum atomic E-state index is 11.0. The quantitative estimate of drug-likeness (QED) is 0.749. The van der Waals surface area contributed by atoms with E-state index in [1.165, 1.54) is 0 Å². The van der Waals surface area contributed by atoms with Gasteiger partial charge in [0.2, 0.25) is 5.91 Å². The van der Waals surface area contributed by atoms with Crippen molar-refractivity contribution in [3.05, 3.63) is 22.4 Å². The predicted octanol–water partition coefficient (Wildman–Crippen LogP) is 1.99. The fourth-order valence-electron chi connectivity index (χ4n) is 0.723. The fourth-order valence-corrected chi connectivity index (χ4v) is 1.47. The lowest BCUT2D eigenvalue weighted by Gasteiger charge is -2.03. The third-order valence-corrected chi connectivity index (χ3v) is 2.34. The Morgan fingerprint density at radius 3 is 3.08 bits per heavy atom. The maximum Gasteiger partial charge on any atom is 0.238 e. The Morgan fingerprint density at radius 1 is 1.83 bits per heavy atom. The Bertz CT molecular complexity index is 246. The van der Waals surface area contributed by atoms with Crippen LogP contribution in [0.4, 0.5) is 0 Å². The highest BCUT2D eigenvalue weighted by Gasteiger charge is 2.07. The minimum absolute atomic E-state index is 0.122. The zero-order valence-electron chi connectivity index (χ0n) is 6.71. The third-order valence-electron chi connectivity index (χ3n) is 1.41. The lowest BCUT2D eigenvalue weighted by molar-refractivity contribution is -0.120. The van der Waals surface area contributed by atoms with Gasteiger partial charge in [0.15, 0.2) is 0 Å². The van der Waals surface area contributed by atoms with Crippen molar-refractivity contribution in [2.24, 2.45) is 0 Å². The van der Waals surface area contributed by atoms with E-state index >= 15 is 0 Å². The lowest BCUT2D eigenvalue weighted by atomic mass is 10.3. The molecule has 0 fully saturated rings. The average Bonchev–Trinajstić information content (AvgIpc) is 2.51. The van der Waals surface area contributed by atoms with Crippen molar-refractivity contribution in [3.63, 3.8) is 0 Å². The molecule has 1 atom stereocenters. The van der Waals surface area contributed by atoms with Crippen molar-refractivity contribution in [2.45, 2.75) is 18.8 Å².